The number of nitrogens with one attached hydrogen (secondary N) is 2. The van der Waals surface area contributed by atoms with Crippen LogP contribution in [-0.2, 0) is 14.4 Å². The fourth-order valence-corrected chi connectivity index (χ4v) is 1.91. The summed E-state index contributed by atoms with van der Waals surface area (Å²) in [6, 6.07) is -2.23. The molecule has 0 saturated carbocycles. The summed E-state index contributed by atoms with van der Waals surface area (Å²) in [7, 11) is 0. The number of amides is 2. The first-order chi connectivity index (χ1) is 11.6. The van der Waals surface area contributed by atoms with Gasteiger partial charge in [0.1, 0.15) is 24.0 Å². The molecule has 1 rings (SSSR count). The van der Waals surface area contributed by atoms with Gasteiger partial charge >= 0.3 is 5.97 Å². The van der Waals surface area contributed by atoms with Gasteiger partial charge in [-0.05, 0) is 12.8 Å². The van der Waals surface area contributed by atoms with Crippen molar-refractivity contribution in [3.63, 3.8) is 0 Å². The fraction of sp³-hybridized carbons (Fsp3) is 0.562. The second-order valence-electron chi connectivity index (χ2n) is 6.16. The van der Waals surface area contributed by atoms with Gasteiger partial charge in [-0.15, -0.1) is 0 Å². The molecule has 0 unspecified atom stereocenters. The molecule has 25 heavy (non-hydrogen) atoms. The highest BCUT2D eigenvalue weighted by Gasteiger charge is 2.29. The van der Waals surface area contributed by atoms with E-state index in [2.05, 4.69) is 15.6 Å². The molecule has 9 nitrogen and oxygen atoms in total. The van der Waals surface area contributed by atoms with Crippen LogP contribution >= 0.6 is 0 Å². The maximum Gasteiger partial charge on any atom is 0.305 e. The van der Waals surface area contributed by atoms with Crippen molar-refractivity contribution in [2.45, 2.75) is 46.2 Å². The van der Waals surface area contributed by atoms with E-state index >= 15 is 0 Å². The Labute approximate surface area is 145 Å². The highest BCUT2D eigenvalue weighted by molar-refractivity contribution is 6.02. The minimum absolute atomic E-state index is 0.0864. The number of hydrogen-bond donors (Lipinski definition) is 3. The van der Waals surface area contributed by atoms with Crippen molar-refractivity contribution in [1.82, 2.24) is 15.6 Å². The molecule has 9 heteroatoms. The maximum atomic E-state index is 12.2. The Hall–Kier alpha value is -2.71. The molecule has 0 radical (unpaired) electrons. The smallest absolute Gasteiger partial charge is 0.305 e. The molecule has 0 aliphatic rings. The van der Waals surface area contributed by atoms with Crippen molar-refractivity contribution in [1.29, 1.82) is 0 Å². The van der Waals surface area contributed by atoms with Crippen molar-refractivity contribution in [2.24, 2.45) is 11.8 Å². The summed E-state index contributed by atoms with van der Waals surface area (Å²) in [4.78, 5) is 51.1. The van der Waals surface area contributed by atoms with E-state index in [1.54, 1.807) is 6.92 Å². The molecule has 0 aliphatic heterocycles. The summed E-state index contributed by atoms with van der Waals surface area (Å²) in [5, 5.41) is 13.8. The summed E-state index contributed by atoms with van der Waals surface area (Å²) < 4.78 is 4.70. The van der Waals surface area contributed by atoms with Crippen LogP contribution < -0.4 is 10.6 Å². The van der Waals surface area contributed by atoms with E-state index in [4.69, 9.17) is 9.52 Å². The van der Waals surface area contributed by atoms with Crippen molar-refractivity contribution < 1.29 is 28.7 Å². The third kappa shape index (κ3) is 6.02. The molecular weight excluding hydrogens is 330 g/mol. The van der Waals surface area contributed by atoms with Crippen LogP contribution in [0.25, 0.3) is 0 Å². The zero-order valence-electron chi connectivity index (χ0n) is 14.6. The van der Waals surface area contributed by atoms with E-state index in [9.17, 15) is 19.2 Å². The van der Waals surface area contributed by atoms with Crippen LogP contribution in [0.15, 0.2) is 17.1 Å². The largest absolute Gasteiger partial charge is 0.481 e. The van der Waals surface area contributed by atoms with Gasteiger partial charge in [-0.2, -0.15) is 0 Å². The topological polar surface area (TPSA) is 139 Å². The van der Waals surface area contributed by atoms with E-state index in [-0.39, 0.29) is 23.4 Å². The average Bonchev–Trinajstić information content (AvgIpc) is 3.06. The zero-order chi connectivity index (χ0) is 19.1. The summed E-state index contributed by atoms with van der Waals surface area (Å²) in [6.45, 7) is 6.97. The van der Waals surface area contributed by atoms with Gasteiger partial charge in [-0.25, -0.2) is 4.98 Å². The van der Waals surface area contributed by atoms with Gasteiger partial charge in [0.25, 0.3) is 0 Å². The first-order valence-electron chi connectivity index (χ1n) is 7.88. The van der Waals surface area contributed by atoms with Gasteiger partial charge in [-0.1, -0.05) is 20.8 Å². The van der Waals surface area contributed by atoms with Crippen molar-refractivity contribution in [2.75, 3.05) is 0 Å². The third-order valence-electron chi connectivity index (χ3n) is 3.86. The lowest BCUT2D eigenvalue weighted by atomic mass is 9.97. The quantitative estimate of drug-likeness (QED) is 0.553. The molecule has 1 aromatic heterocycles. The van der Waals surface area contributed by atoms with Gasteiger partial charge < -0.3 is 20.2 Å². The number of carboxylic acid groups (broad SMARTS) is 1. The summed E-state index contributed by atoms with van der Waals surface area (Å²) in [6.07, 6.45) is 1.49. The maximum absolute atomic E-state index is 12.2. The summed E-state index contributed by atoms with van der Waals surface area (Å²) in [5.74, 6) is -3.08. The number of Topliss-reactive ketones (excluding diaryl/α,β-unsaturated/α-hetero) is 1. The molecule has 3 atom stereocenters. The molecule has 0 fully saturated rings. The van der Waals surface area contributed by atoms with Gasteiger partial charge in [-0.3, -0.25) is 19.2 Å². The zero-order valence-corrected chi connectivity index (χ0v) is 14.6. The lowest BCUT2D eigenvalue weighted by Gasteiger charge is -2.21. The van der Waals surface area contributed by atoms with E-state index in [0.717, 1.165) is 12.7 Å². The minimum atomic E-state index is -1.31. The van der Waals surface area contributed by atoms with E-state index in [0.29, 0.717) is 0 Å². The standard InChI is InChI=1S/C16H23N3O6/c1-8(2)9(3)15(23)18-10(4)16(24)19-11(5-13(20)21)14(22)12-6-25-7-17-12/h6-11H,5H2,1-4H3,(H,18,23)(H,19,24)(H,20,21)/t9-,10-,11-/m0/s1. The molecule has 1 aromatic rings. The monoisotopic (exact) mass is 353 g/mol. The number of rotatable bonds is 9. The Morgan fingerprint density at radius 2 is 1.76 bits per heavy atom. The van der Waals surface area contributed by atoms with E-state index in [1.807, 2.05) is 13.8 Å². The van der Waals surface area contributed by atoms with Crippen molar-refractivity contribution in [3.05, 3.63) is 18.4 Å². The highest BCUT2D eigenvalue weighted by Crippen LogP contribution is 2.10. The van der Waals surface area contributed by atoms with Gasteiger partial charge in [0.15, 0.2) is 6.39 Å². The molecule has 0 bridgehead atoms. The number of carbonyl (C=O) groups is 4. The normalized spacial score (nSPS) is 14.4. The third-order valence-corrected chi connectivity index (χ3v) is 3.86. The van der Waals surface area contributed by atoms with Crippen molar-refractivity contribution in [3.8, 4) is 0 Å². The number of ketones is 1. The number of carbonyl (C=O) groups excluding carboxylic acids is 3. The molecular formula is C16H23N3O6. The minimum Gasteiger partial charge on any atom is -0.481 e. The van der Waals surface area contributed by atoms with Gasteiger partial charge in [0.2, 0.25) is 17.6 Å². The Balaban J connectivity index is 2.75. The fourth-order valence-electron chi connectivity index (χ4n) is 1.91. The van der Waals surface area contributed by atoms with Crippen LogP contribution in [0.1, 0.15) is 44.6 Å². The van der Waals surface area contributed by atoms with Crippen LogP contribution in [-0.4, -0.2) is 45.7 Å². The van der Waals surface area contributed by atoms with Crippen LogP contribution in [0, 0.1) is 11.8 Å². The summed E-state index contributed by atoms with van der Waals surface area (Å²) in [5.41, 5.74) is -0.0864. The van der Waals surface area contributed by atoms with Crippen LogP contribution in [0.3, 0.4) is 0 Å². The Morgan fingerprint density at radius 3 is 2.24 bits per heavy atom. The van der Waals surface area contributed by atoms with Crippen LogP contribution in [0.4, 0.5) is 0 Å². The molecule has 2 amide bonds. The summed E-state index contributed by atoms with van der Waals surface area (Å²) >= 11 is 0. The Bertz CT molecular complexity index is 626. The number of aromatic nitrogens is 1. The van der Waals surface area contributed by atoms with Gasteiger partial charge in [0, 0.05) is 5.92 Å². The molecule has 0 aliphatic carbocycles. The van der Waals surface area contributed by atoms with Crippen LogP contribution in [0.2, 0.25) is 0 Å². The number of aliphatic carboxylic acids is 1. The lowest BCUT2D eigenvalue weighted by molar-refractivity contribution is -0.138. The number of nitrogens with zero attached hydrogens (tertiary/aromatic N) is 1. The van der Waals surface area contributed by atoms with Crippen LogP contribution in [0.5, 0.6) is 0 Å². The number of oxazole rings is 1. The Morgan fingerprint density at radius 1 is 1.12 bits per heavy atom. The predicted molar refractivity (Wildman–Crippen MR) is 86.6 cm³/mol. The average molecular weight is 353 g/mol. The Kier molecular flexibility index (Phi) is 7.28. The van der Waals surface area contributed by atoms with Crippen molar-refractivity contribution >= 4 is 23.6 Å². The SMILES string of the molecule is CC(C)[C@H](C)C(=O)N[C@@H](C)C(=O)N[C@@H](CC(=O)O)C(=O)c1cocn1. The van der Waals surface area contributed by atoms with E-state index in [1.165, 1.54) is 6.92 Å². The second kappa shape index (κ2) is 8.95. The molecule has 0 aromatic carbocycles. The molecule has 0 spiro atoms. The number of carboxylic acids is 1. The molecule has 138 valence electrons. The first-order valence-corrected chi connectivity index (χ1v) is 7.88. The van der Waals surface area contributed by atoms with E-state index < -0.39 is 36.2 Å². The molecule has 3 N–H and O–H groups in total. The molecule has 1 heterocycles. The second-order valence-corrected chi connectivity index (χ2v) is 6.16. The lowest BCUT2D eigenvalue weighted by Crippen LogP contribution is -2.52. The highest BCUT2D eigenvalue weighted by atomic mass is 16.4. The first kappa shape index (κ1) is 20.3. The predicted octanol–water partition coefficient (Wildman–Crippen LogP) is 0.614. The van der Waals surface area contributed by atoms with Gasteiger partial charge in [0.05, 0.1) is 6.42 Å². The molecule has 0 saturated heterocycles. The number of hydrogen-bond acceptors (Lipinski definition) is 6.